The first-order valence-corrected chi connectivity index (χ1v) is 6.32. The van der Waals surface area contributed by atoms with E-state index in [1.54, 1.807) is 19.3 Å². The van der Waals surface area contributed by atoms with Crippen LogP contribution in [0.3, 0.4) is 0 Å². The summed E-state index contributed by atoms with van der Waals surface area (Å²) in [4.78, 5) is 11.7. The zero-order valence-electron chi connectivity index (χ0n) is 8.33. The Morgan fingerprint density at radius 1 is 1.73 bits per heavy atom. The van der Waals surface area contributed by atoms with Gasteiger partial charge in [0.2, 0.25) is 5.12 Å². The average molecular weight is 267 g/mol. The molecular weight excluding hydrogens is 255 g/mol. The van der Waals surface area contributed by atoms with Gasteiger partial charge in [-0.15, -0.1) is 11.6 Å². The lowest BCUT2D eigenvalue weighted by Gasteiger charge is -2.12. The van der Waals surface area contributed by atoms with Crippen LogP contribution in [0.15, 0.2) is 22.8 Å². The van der Waals surface area contributed by atoms with Crippen LogP contribution in [0, 0.1) is 0 Å². The van der Waals surface area contributed by atoms with Gasteiger partial charge in [0.25, 0.3) is 0 Å². The summed E-state index contributed by atoms with van der Waals surface area (Å²) in [6.45, 7) is 0.559. The molecule has 0 saturated carbocycles. The molecule has 1 aliphatic rings. The second kappa shape index (κ2) is 6.59. The zero-order chi connectivity index (χ0) is 11.3. The lowest BCUT2D eigenvalue weighted by molar-refractivity contribution is -0.107. The Balaban J connectivity index is 2.52. The molecule has 0 aromatic heterocycles. The van der Waals surface area contributed by atoms with Crippen LogP contribution in [-0.2, 0) is 9.53 Å². The van der Waals surface area contributed by atoms with Gasteiger partial charge in [0.05, 0.1) is 12.0 Å². The number of hydrogen-bond donors (Lipinski definition) is 0. The zero-order valence-corrected chi connectivity index (χ0v) is 10.7. The number of allylic oxidation sites excluding steroid dienone is 3. The highest BCUT2D eigenvalue weighted by Gasteiger charge is 2.18. The fraction of sp³-hybridized carbons (Fsp3) is 0.500. The molecular formula is C10H12Cl2O2S. The molecule has 0 bridgehead atoms. The summed E-state index contributed by atoms with van der Waals surface area (Å²) in [6, 6.07) is 0. The van der Waals surface area contributed by atoms with E-state index in [1.807, 2.05) is 0 Å². The first-order valence-electron chi connectivity index (χ1n) is 4.52. The van der Waals surface area contributed by atoms with Crippen molar-refractivity contribution in [2.75, 3.05) is 19.5 Å². The van der Waals surface area contributed by atoms with Gasteiger partial charge in [0.15, 0.2) is 0 Å². The van der Waals surface area contributed by atoms with Crippen molar-refractivity contribution in [3.63, 3.8) is 0 Å². The molecule has 0 aromatic rings. The number of thioether (sulfide) groups is 1. The summed E-state index contributed by atoms with van der Waals surface area (Å²) in [5.74, 6) is 0.640. The highest BCUT2D eigenvalue weighted by atomic mass is 35.5. The molecule has 15 heavy (non-hydrogen) atoms. The highest BCUT2D eigenvalue weighted by molar-refractivity contribution is 8.14. The maximum Gasteiger partial charge on any atom is 0.220 e. The molecule has 1 aliphatic carbocycles. The van der Waals surface area contributed by atoms with Crippen LogP contribution in [0.2, 0.25) is 0 Å². The van der Waals surface area contributed by atoms with Crippen LogP contribution in [0.1, 0.15) is 6.42 Å². The molecule has 5 heteroatoms. The summed E-state index contributed by atoms with van der Waals surface area (Å²) in [6.07, 6.45) is 4.02. The SMILES string of the molecule is COCCSC(=O)C1=C(Cl)CC(Cl)C=C1. The fourth-order valence-electron chi connectivity index (χ4n) is 1.11. The molecule has 0 radical (unpaired) electrons. The van der Waals surface area contributed by atoms with Crippen molar-refractivity contribution in [2.24, 2.45) is 0 Å². The minimum Gasteiger partial charge on any atom is -0.384 e. The molecule has 0 aliphatic heterocycles. The van der Waals surface area contributed by atoms with Crippen molar-refractivity contribution < 1.29 is 9.53 Å². The smallest absolute Gasteiger partial charge is 0.220 e. The van der Waals surface area contributed by atoms with Gasteiger partial charge in [-0.3, -0.25) is 4.79 Å². The van der Waals surface area contributed by atoms with Crippen molar-refractivity contribution >= 4 is 40.1 Å². The first kappa shape index (κ1) is 13.1. The van der Waals surface area contributed by atoms with Crippen LogP contribution in [-0.4, -0.2) is 30.0 Å². The average Bonchev–Trinajstić information content (AvgIpc) is 2.17. The molecule has 1 unspecified atom stereocenters. The lowest BCUT2D eigenvalue weighted by atomic mass is 10.1. The third-order valence-electron chi connectivity index (χ3n) is 1.88. The predicted molar refractivity (Wildman–Crippen MR) is 65.6 cm³/mol. The van der Waals surface area contributed by atoms with E-state index in [0.29, 0.717) is 29.4 Å². The van der Waals surface area contributed by atoms with E-state index in [0.717, 1.165) is 0 Å². The van der Waals surface area contributed by atoms with Crippen molar-refractivity contribution in [3.8, 4) is 0 Å². The number of hydrogen-bond acceptors (Lipinski definition) is 3. The largest absolute Gasteiger partial charge is 0.384 e. The molecule has 0 aromatic carbocycles. The number of carbonyl (C=O) groups excluding carboxylic acids is 1. The number of carbonyl (C=O) groups is 1. The highest BCUT2D eigenvalue weighted by Crippen LogP contribution is 2.28. The van der Waals surface area contributed by atoms with E-state index < -0.39 is 0 Å². The lowest BCUT2D eigenvalue weighted by Crippen LogP contribution is -2.07. The Morgan fingerprint density at radius 3 is 3.07 bits per heavy atom. The fourth-order valence-corrected chi connectivity index (χ4v) is 2.57. The maximum absolute atomic E-state index is 11.7. The van der Waals surface area contributed by atoms with Crippen LogP contribution < -0.4 is 0 Å². The minimum atomic E-state index is -0.0991. The van der Waals surface area contributed by atoms with Crippen molar-refractivity contribution in [1.82, 2.24) is 0 Å². The van der Waals surface area contributed by atoms with Crippen LogP contribution >= 0.6 is 35.0 Å². The molecule has 0 amide bonds. The molecule has 0 N–H and O–H groups in total. The monoisotopic (exact) mass is 266 g/mol. The number of methoxy groups -OCH3 is 1. The Hall–Kier alpha value is 0.0400. The Kier molecular flexibility index (Phi) is 5.75. The second-order valence-electron chi connectivity index (χ2n) is 3.03. The molecule has 0 spiro atoms. The van der Waals surface area contributed by atoms with Crippen molar-refractivity contribution in [3.05, 3.63) is 22.8 Å². The third kappa shape index (κ3) is 4.19. The minimum absolute atomic E-state index is 0.0168. The van der Waals surface area contributed by atoms with E-state index in [1.165, 1.54) is 11.8 Å². The molecule has 0 saturated heterocycles. The van der Waals surface area contributed by atoms with Gasteiger partial charge in [-0.05, 0) is 0 Å². The van der Waals surface area contributed by atoms with Gasteiger partial charge in [-0.25, -0.2) is 0 Å². The molecule has 1 rings (SSSR count). The number of halogens is 2. The van der Waals surface area contributed by atoms with E-state index in [2.05, 4.69) is 0 Å². The second-order valence-corrected chi connectivity index (χ2v) is 5.11. The first-order chi connectivity index (χ1) is 7.15. The maximum atomic E-state index is 11.7. The van der Waals surface area contributed by atoms with Gasteiger partial charge in [-0.2, -0.15) is 0 Å². The predicted octanol–water partition coefficient (Wildman–Crippen LogP) is 2.95. The van der Waals surface area contributed by atoms with Gasteiger partial charge in [0.1, 0.15) is 0 Å². The Bertz CT molecular complexity index is 300. The molecule has 2 nitrogen and oxygen atoms in total. The summed E-state index contributed by atoms with van der Waals surface area (Å²) in [5.41, 5.74) is 0.565. The summed E-state index contributed by atoms with van der Waals surface area (Å²) >= 11 is 13.0. The van der Waals surface area contributed by atoms with Crippen LogP contribution in [0.25, 0.3) is 0 Å². The third-order valence-corrected chi connectivity index (χ3v) is 3.39. The van der Waals surface area contributed by atoms with Gasteiger partial charge in [0, 0.05) is 29.9 Å². The van der Waals surface area contributed by atoms with E-state index in [4.69, 9.17) is 27.9 Å². The van der Waals surface area contributed by atoms with Crippen LogP contribution in [0.5, 0.6) is 0 Å². The van der Waals surface area contributed by atoms with Gasteiger partial charge in [-0.1, -0.05) is 35.5 Å². The van der Waals surface area contributed by atoms with E-state index >= 15 is 0 Å². The van der Waals surface area contributed by atoms with Crippen molar-refractivity contribution in [1.29, 1.82) is 0 Å². The number of alkyl halides is 1. The quantitative estimate of drug-likeness (QED) is 0.578. The summed E-state index contributed by atoms with van der Waals surface area (Å²) < 4.78 is 4.86. The Labute approximate surface area is 104 Å². The molecule has 1 atom stereocenters. The number of rotatable bonds is 4. The summed E-state index contributed by atoms with van der Waals surface area (Å²) in [7, 11) is 1.61. The number of ether oxygens (including phenoxy) is 1. The molecule has 0 heterocycles. The summed E-state index contributed by atoms with van der Waals surface area (Å²) in [5, 5.41) is 0.433. The van der Waals surface area contributed by atoms with E-state index in [-0.39, 0.29) is 10.5 Å². The van der Waals surface area contributed by atoms with Crippen LogP contribution in [0.4, 0.5) is 0 Å². The Morgan fingerprint density at radius 2 is 2.47 bits per heavy atom. The topological polar surface area (TPSA) is 26.3 Å². The standard InChI is InChI=1S/C10H12Cl2O2S/c1-14-4-5-15-10(13)8-3-2-7(11)6-9(8)12/h2-3,7H,4-6H2,1H3. The van der Waals surface area contributed by atoms with Crippen molar-refractivity contribution in [2.45, 2.75) is 11.8 Å². The van der Waals surface area contributed by atoms with Gasteiger partial charge >= 0.3 is 0 Å². The normalized spacial score (nSPS) is 20.9. The van der Waals surface area contributed by atoms with E-state index in [9.17, 15) is 4.79 Å². The molecule has 84 valence electrons. The molecule has 0 fully saturated rings. The van der Waals surface area contributed by atoms with Gasteiger partial charge < -0.3 is 4.74 Å².